The minimum absolute atomic E-state index is 0.550. The highest BCUT2D eigenvalue weighted by molar-refractivity contribution is 5.91. The molecule has 0 amide bonds. The fourth-order valence-electron chi connectivity index (χ4n) is 3.36. The van der Waals surface area contributed by atoms with Gasteiger partial charge in [0.05, 0.1) is 11.1 Å². The molecule has 0 aromatic carbocycles. The summed E-state index contributed by atoms with van der Waals surface area (Å²) in [5.41, 5.74) is -0.0404. The lowest BCUT2D eigenvalue weighted by Crippen LogP contribution is -2.54. The van der Waals surface area contributed by atoms with Gasteiger partial charge < -0.3 is 21.7 Å². The molecule has 0 unspecified atom stereocenters. The van der Waals surface area contributed by atoms with E-state index in [4.69, 9.17) is 11.5 Å². The molecular weight excluding hydrogens is 398 g/mol. The van der Waals surface area contributed by atoms with Crippen molar-refractivity contribution < 1.29 is 46.1 Å². The Bertz CT molecular complexity index is 782. The van der Waals surface area contributed by atoms with E-state index in [0.717, 1.165) is 0 Å². The number of alkyl halides is 6. The van der Waals surface area contributed by atoms with Gasteiger partial charge in [0.15, 0.2) is 0 Å². The Balaban J connectivity index is 2.75. The fourth-order valence-corrected chi connectivity index (χ4v) is 3.36. The van der Waals surface area contributed by atoms with Crippen molar-refractivity contribution in [2.45, 2.75) is 25.2 Å². The third-order valence-electron chi connectivity index (χ3n) is 4.95. The molecule has 2 rings (SSSR count). The Morgan fingerprint density at radius 1 is 0.786 bits per heavy atom. The molecule has 0 bridgehead atoms. The molecule has 6 N–H and O–H groups in total. The van der Waals surface area contributed by atoms with Crippen molar-refractivity contribution in [2.75, 3.05) is 0 Å². The van der Waals surface area contributed by atoms with E-state index in [1.165, 1.54) is 0 Å². The van der Waals surface area contributed by atoms with Gasteiger partial charge in [0, 0.05) is 24.2 Å². The summed E-state index contributed by atoms with van der Waals surface area (Å²) < 4.78 is 79.7. The van der Waals surface area contributed by atoms with E-state index in [1.807, 2.05) is 0 Å². The second kappa shape index (κ2) is 6.31. The van der Waals surface area contributed by atoms with Gasteiger partial charge in [-0.2, -0.15) is 26.3 Å². The molecule has 0 heterocycles. The lowest BCUT2D eigenvalue weighted by Gasteiger charge is -2.45. The topological polar surface area (TPSA) is 127 Å². The number of rotatable bonds is 3. The summed E-state index contributed by atoms with van der Waals surface area (Å²) in [6.45, 7) is 0. The molecule has 28 heavy (non-hydrogen) atoms. The van der Waals surface area contributed by atoms with Crippen molar-refractivity contribution in [2.24, 2.45) is 22.3 Å². The quantitative estimate of drug-likeness (QED) is 0.528. The lowest BCUT2D eigenvalue weighted by atomic mass is 9.55. The third kappa shape index (κ3) is 3.12. The second-order valence-electron chi connectivity index (χ2n) is 6.44. The number of carboxylic acid groups (broad SMARTS) is 2. The van der Waals surface area contributed by atoms with Gasteiger partial charge in [-0.25, -0.2) is 0 Å². The van der Waals surface area contributed by atoms with E-state index in [2.05, 4.69) is 0 Å². The van der Waals surface area contributed by atoms with Gasteiger partial charge in [0.25, 0.3) is 0 Å². The number of hydrogen-bond donors (Lipinski definition) is 4. The van der Waals surface area contributed by atoms with Gasteiger partial charge in [-0.05, 0) is 12.2 Å². The van der Waals surface area contributed by atoms with Crippen molar-refractivity contribution in [3.05, 3.63) is 46.8 Å². The summed E-state index contributed by atoms with van der Waals surface area (Å²) in [5, 5.41) is 19.3. The van der Waals surface area contributed by atoms with Crippen LogP contribution in [0.1, 0.15) is 12.8 Å². The SMILES string of the molecule is NC1=C(C(F)(F)F)C[C@@](C(=O)O)([C@@]2(C(=O)O)C=CC(N)=C(C(F)(F)F)C2)C=C1. The highest BCUT2D eigenvalue weighted by Gasteiger charge is 2.64. The zero-order valence-electron chi connectivity index (χ0n) is 13.9. The van der Waals surface area contributed by atoms with Crippen LogP contribution in [0.4, 0.5) is 26.3 Å². The highest BCUT2D eigenvalue weighted by Crippen LogP contribution is 2.57. The van der Waals surface area contributed by atoms with Crippen LogP contribution in [0.5, 0.6) is 0 Å². The molecule has 0 saturated carbocycles. The number of allylic oxidation sites excluding steroid dienone is 4. The number of carbonyl (C=O) groups is 2. The van der Waals surface area contributed by atoms with E-state index in [-0.39, 0.29) is 0 Å². The van der Waals surface area contributed by atoms with Crippen LogP contribution in [-0.4, -0.2) is 34.5 Å². The number of aliphatic carboxylic acids is 2. The molecule has 12 heteroatoms. The molecule has 0 aliphatic heterocycles. The van der Waals surface area contributed by atoms with E-state index < -0.39 is 70.5 Å². The van der Waals surface area contributed by atoms with Gasteiger partial charge in [0.1, 0.15) is 10.8 Å². The molecule has 0 saturated heterocycles. The average molecular weight is 412 g/mol. The number of hydrogen-bond acceptors (Lipinski definition) is 4. The van der Waals surface area contributed by atoms with Crippen LogP contribution in [0.15, 0.2) is 46.8 Å². The molecule has 0 radical (unpaired) electrons. The van der Waals surface area contributed by atoms with E-state index >= 15 is 0 Å². The Morgan fingerprint density at radius 2 is 1.07 bits per heavy atom. The maximum absolute atomic E-state index is 13.3. The smallest absolute Gasteiger partial charge is 0.414 e. The first-order valence-electron chi connectivity index (χ1n) is 7.55. The predicted molar refractivity (Wildman–Crippen MR) is 82.2 cm³/mol. The monoisotopic (exact) mass is 412 g/mol. The fraction of sp³-hybridized carbons (Fsp3) is 0.375. The zero-order valence-corrected chi connectivity index (χ0v) is 13.9. The highest BCUT2D eigenvalue weighted by atomic mass is 19.4. The molecule has 0 fully saturated rings. The van der Waals surface area contributed by atoms with Crippen LogP contribution in [0.25, 0.3) is 0 Å². The van der Waals surface area contributed by atoms with Crippen LogP contribution in [-0.2, 0) is 9.59 Å². The van der Waals surface area contributed by atoms with E-state index in [9.17, 15) is 46.1 Å². The summed E-state index contributed by atoms with van der Waals surface area (Å²) in [4.78, 5) is 24.0. The molecule has 0 aromatic rings. The first-order valence-corrected chi connectivity index (χ1v) is 7.55. The van der Waals surface area contributed by atoms with Crippen molar-refractivity contribution in [3.8, 4) is 0 Å². The van der Waals surface area contributed by atoms with Crippen LogP contribution >= 0.6 is 0 Å². The molecule has 0 spiro atoms. The summed E-state index contributed by atoms with van der Waals surface area (Å²) in [6.07, 6.45) is -10.9. The Hall–Kier alpha value is -2.92. The van der Waals surface area contributed by atoms with Crippen molar-refractivity contribution >= 4 is 11.9 Å². The summed E-state index contributed by atoms with van der Waals surface area (Å²) >= 11 is 0. The minimum Gasteiger partial charge on any atom is -0.481 e. The Kier molecular flexibility index (Phi) is 4.82. The van der Waals surface area contributed by atoms with Gasteiger partial charge >= 0.3 is 24.3 Å². The van der Waals surface area contributed by atoms with Crippen molar-refractivity contribution in [3.63, 3.8) is 0 Å². The first-order chi connectivity index (χ1) is 12.6. The number of nitrogens with two attached hydrogens (primary N) is 2. The molecular formula is C16H14F6N2O4. The lowest BCUT2D eigenvalue weighted by molar-refractivity contribution is -0.169. The largest absolute Gasteiger partial charge is 0.481 e. The van der Waals surface area contributed by atoms with Gasteiger partial charge in [0.2, 0.25) is 0 Å². The molecule has 2 atom stereocenters. The second-order valence-corrected chi connectivity index (χ2v) is 6.44. The summed E-state index contributed by atoms with van der Waals surface area (Å²) in [7, 11) is 0. The molecule has 2 aliphatic rings. The van der Waals surface area contributed by atoms with E-state index in [1.54, 1.807) is 0 Å². The Morgan fingerprint density at radius 3 is 1.29 bits per heavy atom. The number of halogens is 6. The van der Waals surface area contributed by atoms with Gasteiger partial charge in [-0.3, -0.25) is 9.59 Å². The van der Waals surface area contributed by atoms with Gasteiger partial charge in [-0.15, -0.1) is 0 Å². The molecule has 6 nitrogen and oxygen atoms in total. The minimum atomic E-state index is -5.12. The van der Waals surface area contributed by atoms with Crippen LogP contribution in [0, 0.1) is 10.8 Å². The number of carboxylic acids is 2. The van der Waals surface area contributed by atoms with E-state index in [0.29, 0.717) is 24.3 Å². The first kappa shape index (κ1) is 21.4. The molecule has 2 aliphatic carbocycles. The normalized spacial score (nSPS) is 28.6. The average Bonchev–Trinajstić information content (AvgIpc) is 2.53. The third-order valence-corrected chi connectivity index (χ3v) is 4.95. The summed E-state index contributed by atoms with van der Waals surface area (Å²) in [5.74, 6) is -4.10. The molecule has 0 aromatic heterocycles. The van der Waals surface area contributed by atoms with Crippen LogP contribution < -0.4 is 11.5 Å². The molecule has 154 valence electrons. The van der Waals surface area contributed by atoms with Gasteiger partial charge in [-0.1, -0.05) is 12.2 Å². The zero-order chi connectivity index (χ0) is 21.7. The van der Waals surface area contributed by atoms with Crippen molar-refractivity contribution in [1.29, 1.82) is 0 Å². The Labute approximate surface area is 153 Å². The predicted octanol–water partition coefficient (Wildman–Crippen LogP) is 2.60. The maximum atomic E-state index is 13.3. The van der Waals surface area contributed by atoms with Crippen LogP contribution in [0.3, 0.4) is 0 Å². The summed E-state index contributed by atoms with van der Waals surface area (Å²) in [6, 6.07) is 0. The standard InChI is InChI=1S/C16H14F6N2O4/c17-15(18,19)7-5-13(11(25)26,3-1-9(7)23)14(12(27)28)4-2-10(24)8(6-14)16(20,21)22/h1-4H,5-6,23-24H2,(H,25,26)(H,27,28)/t13-,14-/m0/s1. The van der Waals surface area contributed by atoms with Crippen LogP contribution in [0.2, 0.25) is 0 Å². The van der Waals surface area contributed by atoms with Crippen molar-refractivity contribution in [1.82, 2.24) is 0 Å². The maximum Gasteiger partial charge on any atom is 0.414 e.